The van der Waals surface area contributed by atoms with Gasteiger partial charge in [-0.2, -0.15) is 0 Å². The first-order valence-corrected chi connectivity index (χ1v) is 8.51. The van der Waals surface area contributed by atoms with Crippen molar-refractivity contribution in [1.29, 1.82) is 0 Å². The van der Waals surface area contributed by atoms with Crippen LogP contribution in [0.4, 0.5) is 0 Å². The Kier molecular flexibility index (Phi) is 4.77. The minimum absolute atomic E-state index is 0.208. The second-order valence-electron chi connectivity index (χ2n) is 4.71. The molecule has 7 heteroatoms. The zero-order valence-corrected chi connectivity index (χ0v) is 13.1. The van der Waals surface area contributed by atoms with Crippen LogP contribution in [-0.4, -0.2) is 45.6 Å². The number of thiophene rings is 1. The van der Waals surface area contributed by atoms with Gasteiger partial charge in [-0.3, -0.25) is 0 Å². The summed E-state index contributed by atoms with van der Waals surface area (Å²) in [5, 5.41) is 10.1. The van der Waals surface area contributed by atoms with Crippen LogP contribution in [0, 0.1) is 0 Å². The lowest BCUT2D eigenvalue weighted by Gasteiger charge is -2.11. The Balaban J connectivity index is 2.40. The van der Waals surface area contributed by atoms with E-state index in [1.54, 1.807) is 12.1 Å². The van der Waals surface area contributed by atoms with Gasteiger partial charge in [-0.05, 0) is 20.2 Å². The van der Waals surface area contributed by atoms with Crippen LogP contribution in [0.3, 0.4) is 0 Å². The molecule has 0 amide bonds. The Morgan fingerprint density at radius 1 is 1.30 bits per heavy atom. The maximum Gasteiger partial charge on any atom is 0.242 e. The van der Waals surface area contributed by atoms with Crippen LogP contribution in [-0.2, 0) is 16.6 Å². The zero-order valence-electron chi connectivity index (χ0n) is 11.5. The van der Waals surface area contributed by atoms with E-state index in [-0.39, 0.29) is 11.5 Å². The average molecular weight is 314 g/mol. The van der Waals surface area contributed by atoms with Gasteiger partial charge in [-0.1, -0.05) is 18.2 Å². The molecule has 0 aliphatic heterocycles. The summed E-state index contributed by atoms with van der Waals surface area (Å²) in [6.45, 7) is 0.684. The third kappa shape index (κ3) is 3.18. The number of likely N-dealkylation sites (N-methyl/N-ethyl adjacent to an activating group) is 1. The van der Waals surface area contributed by atoms with Gasteiger partial charge in [-0.25, -0.2) is 13.1 Å². The lowest BCUT2D eigenvalue weighted by molar-refractivity contribution is 0.283. The van der Waals surface area contributed by atoms with Crippen LogP contribution in [0.25, 0.3) is 10.1 Å². The van der Waals surface area contributed by atoms with Crippen LogP contribution < -0.4 is 4.72 Å². The number of fused-ring (bicyclic) bond motifs is 1. The van der Waals surface area contributed by atoms with Gasteiger partial charge in [-0.15, -0.1) is 11.3 Å². The molecule has 5 nitrogen and oxygen atoms in total. The number of sulfonamides is 1. The number of aliphatic hydroxyl groups excluding tert-OH is 1. The van der Waals surface area contributed by atoms with Crippen molar-refractivity contribution < 1.29 is 13.5 Å². The first-order chi connectivity index (χ1) is 9.45. The molecule has 2 aromatic rings. The van der Waals surface area contributed by atoms with Crippen LogP contribution in [0.5, 0.6) is 0 Å². The summed E-state index contributed by atoms with van der Waals surface area (Å²) in [6.07, 6.45) is 0. The summed E-state index contributed by atoms with van der Waals surface area (Å²) >= 11 is 1.31. The van der Waals surface area contributed by atoms with Crippen molar-refractivity contribution in [3.8, 4) is 0 Å². The normalized spacial score (nSPS) is 12.4. The summed E-state index contributed by atoms with van der Waals surface area (Å²) in [4.78, 5) is 2.59. The molecule has 0 aliphatic carbocycles. The number of nitrogens with zero attached hydrogens (tertiary/aromatic N) is 1. The quantitative estimate of drug-likeness (QED) is 0.841. The summed E-state index contributed by atoms with van der Waals surface area (Å²) in [5.41, 5.74) is 0. The topological polar surface area (TPSA) is 69.6 Å². The Labute approximate surface area is 122 Å². The lowest BCUT2D eigenvalue weighted by atomic mass is 10.2. The molecule has 2 rings (SSSR count). The molecule has 0 bridgehead atoms. The van der Waals surface area contributed by atoms with Gasteiger partial charge in [0.15, 0.2) is 0 Å². The van der Waals surface area contributed by atoms with Gasteiger partial charge < -0.3 is 10.0 Å². The van der Waals surface area contributed by atoms with Gasteiger partial charge in [0.05, 0.1) is 11.5 Å². The molecule has 0 fully saturated rings. The van der Waals surface area contributed by atoms with E-state index in [4.69, 9.17) is 0 Å². The van der Waals surface area contributed by atoms with E-state index < -0.39 is 10.0 Å². The predicted molar refractivity (Wildman–Crippen MR) is 81.5 cm³/mol. The molecule has 1 aromatic carbocycles. The molecule has 20 heavy (non-hydrogen) atoms. The molecule has 1 aromatic heterocycles. The average Bonchev–Trinajstić information content (AvgIpc) is 2.77. The van der Waals surface area contributed by atoms with Gasteiger partial charge in [0.1, 0.15) is 4.90 Å². The lowest BCUT2D eigenvalue weighted by Crippen LogP contribution is -2.31. The van der Waals surface area contributed by atoms with Crippen LogP contribution >= 0.6 is 11.3 Å². The molecular formula is C13H18N2O3S2. The largest absolute Gasteiger partial charge is 0.391 e. The van der Waals surface area contributed by atoms with E-state index in [0.717, 1.165) is 4.70 Å². The van der Waals surface area contributed by atoms with Gasteiger partial charge in [0.2, 0.25) is 10.0 Å². The van der Waals surface area contributed by atoms with Gasteiger partial charge >= 0.3 is 0 Å². The minimum atomic E-state index is -3.61. The number of rotatable bonds is 6. The second-order valence-corrected chi connectivity index (χ2v) is 7.55. The molecule has 110 valence electrons. The molecule has 0 spiro atoms. The smallest absolute Gasteiger partial charge is 0.242 e. The molecular weight excluding hydrogens is 296 g/mol. The highest BCUT2D eigenvalue weighted by Gasteiger charge is 2.23. The Bertz CT molecular complexity index is 693. The molecule has 0 radical (unpaired) electrons. The summed E-state index contributed by atoms with van der Waals surface area (Å²) in [6, 6.07) is 7.29. The summed E-state index contributed by atoms with van der Waals surface area (Å²) in [5.74, 6) is 0. The molecule has 0 saturated heterocycles. The van der Waals surface area contributed by atoms with Crippen molar-refractivity contribution in [2.24, 2.45) is 0 Å². The number of nitrogens with one attached hydrogen (secondary N) is 1. The number of hydrogen-bond donors (Lipinski definition) is 2. The van der Waals surface area contributed by atoms with Gasteiger partial charge in [0.25, 0.3) is 0 Å². The fourth-order valence-electron chi connectivity index (χ4n) is 1.95. The highest BCUT2D eigenvalue weighted by atomic mass is 32.2. The van der Waals surface area contributed by atoms with Crippen LogP contribution in [0.2, 0.25) is 0 Å². The SMILES string of the molecule is CN(C)CCNS(=O)(=O)c1c(CO)sc2ccccc12. The molecule has 0 saturated carbocycles. The standard InChI is InChI=1S/C13H18N2O3S2/c1-15(2)8-7-14-20(17,18)13-10-5-3-4-6-11(10)19-12(13)9-16/h3-6,14,16H,7-9H2,1-2H3. The van der Waals surface area contributed by atoms with Crippen LogP contribution in [0.1, 0.15) is 4.88 Å². The van der Waals surface area contributed by atoms with E-state index in [1.165, 1.54) is 11.3 Å². The Morgan fingerprint density at radius 2 is 2.00 bits per heavy atom. The molecule has 0 unspecified atom stereocenters. The van der Waals surface area contributed by atoms with Crippen LogP contribution in [0.15, 0.2) is 29.2 Å². The second kappa shape index (κ2) is 6.19. The number of hydrogen-bond acceptors (Lipinski definition) is 5. The Hall–Kier alpha value is -0.990. The van der Waals surface area contributed by atoms with Crippen molar-refractivity contribution in [1.82, 2.24) is 9.62 Å². The molecule has 1 heterocycles. The molecule has 0 aliphatic rings. The highest BCUT2D eigenvalue weighted by Crippen LogP contribution is 2.34. The predicted octanol–water partition coefficient (Wildman–Crippen LogP) is 1.23. The molecule has 2 N–H and O–H groups in total. The van der Waals surface area contributed by atoms with E-state index in [2.05, 4.69) is 4.72 Å². The monoisotopic (exact) mass is 314 g/mol. The maximum atomic E-state index is 12.4. The maximum absolute atomic E-state index is 12.4. The van der Waals surface area contributed by atoms with Crippen molar-refractivity contribution in [3.63, 3.8) is 0 Å². The van der Waals surface area contributed by atoms with E-state index in [0.29, 0.717) is 23.4 Å². The fraction of sp³-hybridized carbons (Fsp3) is 0.385. The highest BCUT2D eigenvalue weighted by molar-refractivity contribution is 7.90. The third-order valence-electron chi connectivity index (χ3n) is 2.88. The van der Waals surface area contributed by atoms with Gasteiger partial charge in [0, 0.05) is 23.2 Å². The minimum Gasteiger partial charge on any atom is -0.391 e. The first kappa shape index (κ1) is 15.4. The van der Waals surface area contributed by atoms with Crippen molar-refractivity contribution >= 4 is 31.4 Å². The first-order valence-electron chi connectivity index (χ1n) is 6.21. The van der Waals surface area contributed by atoms with Crippen molar-refractivity contribution in [2.75, 3.05) is 27.2 Å². The van der Waals surface area contributed by atoms with E-state index >= 15 is 0 Å². The summed E-state index contributed by atoms with van der Waals surface area (Å²) < 4.78 is 28.3. The van der Waals surface area contributed by atoms with E-state index in [9.17, 15) is 13.5 Å². The molecule has 0 atom stereocenters. The fourth-order valence-corrected chi connectivity index (χ4v) is 4.76. The third-order valence-corrected chi connectivity index (χ3v) is 5.75. The Morgan fingerprint density at radius 3 is 2.65 bits per heavy atom. The van der Waals surface area contributed by atoms with Crippen molar-refractivity contribution in [3.05, 3.63) is 29.1 Å². The number of benzene rings is 1. The van der Waals surface area contributed by atoms with Crippen molar-refractivity contribution in [2.45, 2.75) is 11.5 Å². The van der Waals surface area contributed by atoms with E-state index in [1.807, 2.05) is 31.1 Å². The zero-order chi connectivity index (χ0) is 14.8. The number of aliphatic hydroxyl groups is 1. The summed E-state index contributed by atoms with van der Waals surface area (Å²) in [7, 11) is 0.157.